The first-order valence-corrected chi connectivity index (χ1v) is 11.3. The highest BCUT2D eigenvalue weighted by Gasteiger charge is 2.45. The lowest BCUT2D eigenvalue weighted by Crippen LogP contribution is -2.56. The zero-order chi connectivity index (χ0) is 24.6. The SMILES string of the molecule is CC1[C@@H](OCN=[N+]=[N-])OC(COC(=O)c2ccccc2)[C@H](O)[C@@H]1OCc1ccc2ccccc2c1. The van der Waals surface area contributed by atoms with Crippen LogP contribution in [0.25, 0.3) is 21.2 Å². The maximum Gasteiger partial charge on any atom is 0.338 e. The summed E-state index contributed by atoms with van der Waals surface area (Å²) in [6.07, 6.45) is -3.47. The van der Waals surface area contributed by atoms with Crippen molar-refractivity contribution in [1.29, 1.82) is 0 Å². The summed E-state index contributed by atoms with van der Waals surface area (Å²) in [6, 6.07) is 22.6. The van der Waals surface area contributed by atoms with Gasteiger partial charge in [0, 0.05) is 10.8 Å². The number of rotatable bonds is 9. The summed E-state index contributed by atoms with van der Waals surface area (Å²) < 4.78 is 23.0. The number of benzene rings is 3. The normalized spacial score (nSPS) is 24.0. The zero-order valence-corrected chi connectivity index (χ0v) is 19.3. The number of hydrogen-bond acceptors (Lipinski definition) is 7. The molecule has 1 saturated heterocycles. The minimum atomic E-state index is -1.08. The van der Waals surface area contributed by atoms with Gasteiger partial charge in [0.1, 0.15) is 25.5 Å². The van der Waals surface area contributed by atoms with Crippen LogP contribution in [0.15, 0.2) is 77.9 Å². The third-order valence-electron chi connectivity index (χ3n) is 5.98. The molecule has 0 radical (unpaired) electrons. The molecule has 35 heavy (non-hydrogen) atoms. The lowest BCUT2D eigenvalue weighted by atomic mass is 9.92. The lowest BCUT2D eigenvalue weighted by molar-refractivity contribution is -0.290. The number of aliphatic hydroxyl groups is 1. The number of nitrogens with zero attached hydrogens (tertiary/aromatic N) is 3. The molecule has 0 bridgehead atoms. The van der Waals surface area contributed by atoms with E-state index in [9.17, 15) is 9.90 Å². The fourth-order valence-electron chi connectivity index (χ4n) is 4.10. The standard InChI is InChI=1S/C26H27N3O6/c1-17-24(32-14-18-11-12-19-7-5-6-10-21(19)13-18)23(30)22(35-26(17)34-16-28-29-27)15-33-25(31)20-8-3-2-4-9-20/h2-13,17,22-24,26,30H,14-16H2,1H3/t17?,22?,23-,24+,26-/m0/s1. The van der Waals surface area contributed by atoms with Gasteiger partial charge in [0.05, 0.1) is 18.3 Å². The summed E-state index contributed by atoms with van der Waals surface area (Å²) in [7, 11) is 0. The first kappa shape index (κ1) is 24.7. The van der Waals surface area contributed by atoms with Crippen molar-refractivity contribution in [2.24, 2.45) is 11.0 Å². The Balaban J connectivity index is 1.45. The van der Waals surface area contributed by atoms with Crippen LogP contribution in [-0.4, -0.2) is 49.0 Å². The Hall–Kier alpha value is -3.46. The van der Waals surface area contributed by atoms with Crippen molar-refractivity contribution in [3.63, 3.8) is 0 Å². The highest BCUT2D eigenvalue weighted by molar-refractivity contribution is 5.89. The van der Waals surface area contributed by atoms with E-state index in [0.29, 0.717) is 5.56 Å². The summed E-state index contributed by atoms with van der Waals surface area (Å²) in [5.74, 6) is -0.916. The van der Waals surface area contributed by atoms with Gasteiger partial charge in [0.15, 0.2) is 6.29 Å². The number of ether oxygens (including phenoxy) is 4. The molecule has 3 aromatic rings. The van der Waals surface area contributed by atoms with Gasteiger partial charge in [-0.2, -0.15) is 0 Å². The van der Waals surface area contributed by atoms with Gasteiger partial charge in [0.25, 0.3) is 0 Å². The second-order valence-electron chi connectivity index (χ2n) is 8.34. The molecule has 0 spiro atoms. The predicted octanol–water partition coefficient (Wildman–Crippen LogP) is 4.59. The second kappa shape index (κ2) is 11.8. The molecular weight excluding hydrogens is 450 g/mol. The van der Waals surface area contributed by atoms with E-state index in [-0.39, 0.29) is 25.9 Å². The molecule has 1 aliphatic heterocycles. The molecule has 1 fully saturated rings. The van der Waals surface area contributed by atoms with E-state index in [1.54, 1.807) is 30.3 Å². The van der Waals surface area contributed by atoms with Crippen LogP contribution in [0.4, 0.5) is 0 Å². The lowest BCUT2D eigenvalue weighted by Gasteiger charge is -2.42. The molecule has 4 rings (SSSR count). The van der Waals surface area contributed by atoms with Gasteiger partial charge in [-0.25, -0.2) is 4.79 Å². The minimum absolute atomic E-state index is 0.196. The quantitative estimate of drug-likeness (QED) is 0.208. The Morgan fingerprint density at radius 3 is 2.57 bits per heavy atom. The van der Waals surface area contributed by atoms with Gasteiger partial charge in [-0.15, -0.1) is 0 Å². The average molecular weight is 478 g/mol. The molecule has 1 aliphatic rings. The van der Waals surface area contributed by atoms with Gasteiger partial charge in [0.2, 0.25) is 0 Å². The number of hydrogen-bond donors (Lipinski definition) is 1. The van der Waals surface area contributed by atoms with Gasteiger partial charge < -0.3 is 24.1 Å². The number of fused-ring (bicyclic) bond motifs is 1. The van der Waals surface area contributed by atoms with E-state index in [1.807, 2.05) is 49.4 Å². The van der Waals surface area contributed by atoms with Crippen molar-refractivity contribution in [1.82, 2.24) is 0 Å². The number of carbonyl (C=O) groups is 1. The summed E-state index contributed by atoms with van der Waals surface area (Å²) in [6.45, 7) is 1.64. The Labute approximate surface area is 202 Å². The monoisotopic (exact) mass is 477 g/mol. The number of esters is 1. The van der Waals surface area contributed by atoms with E-state index in [0.717, 1.165) is 16.3 Å². The molecule has 9 heteroatoms. The average Bonchev–Trinajstić information content (AvgIpc) is 2.89. The smallest absolute Gasteiger partial charge is 0.338 e. The zero-order valence-electron chi connectivity index (χ0n) is 19.3. The second-order valence-corrected chi connectivity index (χ2v) is 8.34. The highest BCUT2D eigenvalue weighted by atomic mass is 16.7. The molecule has 0 saturated carbocycles. The van der Waals surface area contributed by atoms with E-state index < -0.39 is 30.6 Å². The van der Waals surface area contributed by atoms with Crippen LogP contribution in [-0.2, 0) is 25.6 Å². The van der Waals surface area contributed by atoms with Crippen molar-refractivity contribution in [2.45, 2.75) is 38.1 Å². The van der Waals surface area contributed by atoms with Gasteiger partial charge in [-0.05, 0) is 40.1 Å². The molecule has 0 amide bonds. The Bertz CT molecular complexity index is 1180. The van der Waals surface area contributed by atoms with Crippen LogP contribution >= 0.6 is 0 Å². The third kappa shape index (κ3) is 6.16. The molecule has 0 aliphatic carbocycles. The van der Waals surface area contributed by atoms with Gasteiger partial charge in [-0.1, -0.05) is 66.6 Å². The molecule has 182 valence electrons. The Morgan fingerprint density at radius 2 is 1.80 bits per heavy atom. The number of azide groups is 1. The van der Waals surface area contributed by atoms with Crippen LogP contribution in [0.3, 0.4) is 0 Å². The van der Waals surface area contributed by atoms with Crippen molar-refractivity contribution in [3.8, 4) is 0 Å². The molecule has 0 aromatic heterocycles. The summed E-state index contributed by atoms with van der Waals surface area (Å²) in [5.41, 5.74) is 9.91. The first-order valence-electron chi connectivity index (χ1n) is 11.3. The number of aliphatic hydroxyl groups excluding tert-OH is 1. The molecule has 9 nitrogen and oxygen atoms in total. The summed E-state index contributed by atoms with van der Waals surface area (Å²) >= 11 is 0. The molecule has 1 heterocycles. The molecule has 1 N–H and O–H groups in total. The fourth-order valence-corrected chi connectivity index (χ4v) is 4.10. The molecule has 2 unspecified atom stereocenters. The highest BCUT2D eigenvalue weighted by Crippen LogP contribution is 2.30. The predicted molar refractivity (Wildman–Crippen MR) is 128 cm³/mol. The molecular formula is C26H27N3O6. The Morgan fingerprint density at radius 1 is 1.06 bits per heavy atom. The van der Waals surface area contributed by atoms with E-state index in [4.69, 9.17) is 24.5 Å². The maximum absolute atomic E-state index is 12.4. The van der Waals surface area contributed by atoms with Crippen LogP contribution < -0.4 is 0 Å². The Kier molecular flexibility index (Phi) is 8.31. The van der Waals surface area contributed by atoms with Crippen molar-refractivity contribution in [3.05, 3.63) is 94.4 Å². The summed E-state index contributed by atoms with van der Waals surface area (Å²) in [5, 5.41) is 16.7. The van der Waals surface area contributed by atoms with Crippen molar-refractivity contribution >= 4 is 16.7 Å². The molecule has 5 atom stereocenters. The number of carbonyl (C=O) groups excluding carboxylic acids is 1. The van der Waals surface area contributed by atoms with Crippen LogP contribution in [0.2, 0.25) is 0 Å². The van der Waals surface area contributed by atoms with E-state index >= 15 is 0 Å². The maximum atomic E-state index is 12.4. The van der Waals surface area contributed by atoms with Crippen LogP contribution in [0, 0.1) is 5.92 Å². The van der Waals surface area contributed by atoms with E-state index in [2.05, 4.69) is 10.0 Å². The van der Waals surface area contributed by atoms with Crippen molar-refractivity contribution in [2.75, 3.05) is 13.3 Å². The third-order valence-corrected chi connectivity index (χ3v) is 5.98. The van der Waals surface area contributed by atoms with Gasteiger partial charge >= 0.3 is 5.97 Å². The topological polar surface area (TPSA) is 123 Å². The van der Waals surface area contributed by atoms with E-state index in [1.165, 1.54) is 0 Å². The van der Waals surface area contributed by atoms with Crippen molar-refractivity contribution < 1.29 is 28.8 Å². The minimum Gasteiger partial charge on any atom is -0.459 e. The van der Waals surface area contributed by atoms with Crippen LogP contribution in [0.1, 0.15) is 22.8 Å². The van der Waals surface area contributed by atoms with Crippen LogP contribution in [0.5, 0.6) is 0 Å². The fraction of sp³-hybridized carbons (Fsp3) is 0.346. The molecule has 3 aromatic carbocycles. The largest absolute Gasteiger partial charge is 0.459 e. The van der Waals surface area contributed by atoms with Gasteiger partial charge in [-0.3, -0.25) is 0 Å². The summed E-state index contributed by atoms with van der Waals surface area (Å²) in [4.78, 5) is 15.1. The first-order chi connectivity index (χ1) is 17.1.